The number of para-hydroxylation sites is 2. The van der Waals surface area contributed by atoms with Crippen molar-refractivity contribution in [2.75, 3.05) is 0 Å². The van der Waals surface area contributed by atoms with Crippen LogP contribution in [0.5, 0.6) is 0 Å². The molecule has 3 heteroatoms. The fourth-order valence-corrected chi connectivity index (χ4v) is 9.58. The second kappa shape index (κ2) is 12.1. The highest BCUT2D eigenvalue weighted by molar-refractivity contribution is 6.31. The summed E-state index contributed by atoms with van der Waals surface area (Å²) >= 11 is 0. The van der Waals surface area contributed by atoms with Crippen LogP contribution >= 0.6 is 0 Å². The standard InChI is InChI=1S/C54H31N3/c1-55-47-30-32-50-54-45(47)27-26-44-43(28-31-49(53(44)54)57(50)34-14-3-2-4-15-34)52-40-20-10-8-18-38(40)51(39-19-9-11-21-41(39)52)42-25-24-37(35-16-6-7-17-36(35)42)48-29-23-33-13-5-12-22-46(33)56-48/h2-32H. The molecule has 0 spiro atoms. The molecule has 0 atom stereocenters. The van der Waals surface area contributed by atoms with Crippen molar-refractivity contribution in [1.82, 2.24) is 9.55 Å². The third-order valence-corrected chi connectivity index (χ3v) is 12.0. The van der Waals surface area contributed by atoms with Crippen molar-refractivity contribution in [3.05, 3.63) is 199 Å². The zero-order chi connectivity index (χ0) is 37.6. The van der Waals surface area contributed by atoms with Crippen molar-refractivity contribution in [3.63, 3.8) is 0 Å². The van der Waals surface area contributed by atoms with E-state index in [1.165, 1.54) is 65.3 Å². The first-order valence-electron chi connectivity index (χ1n) is 19.3. The molecule has 0 radical (unpaired) electrons. The third kappa shape index (κ3) is 4.50. The number of hydrogen-bond acceptors (Lipinski definition) is 1. The van der Waals surface area contributed by atoms with E-state index in [9.17, 15) is 0 Å². The minimum atomic E-state index is 0.678. The largest absolute Gasteiger partial charge is 0.309 e. The molecule has 0 bridgehead atoms. The maximum atomic E-state index is 8.03. The van der Waals surface area contributed by atoms with E-state index in [1.54, 1.807) is 0 Å². The highest BCUT2D eigenvalue weighted by Crippen LogP contribution is 2.50. The predicted molar refractivity (Wildman–Crippen MR) is 240 cm³/mol. The maximum Gasteiger partial charge on any atom is 0.195 e. The van der Waals surface area contributed by atoms with Gasteiger partial charge in [0.1, 0.15) is 0 Å². The molecule has 2 heterocycles. The summed E-state index contributed by atoms with van der Waals surface area (Å²) in [5.41, 5.74) is 12.0. The quantitative estimate of drug-likeness (QED) is 0.101. The summed E-state index contributed by atoms with van der Waals surface area (Å²) in [5, 5.41) is 12.9. The summed E-state index contributed by atoms with van der Waals surface area (Å²) in [7, 11) is 0. The van der Waals surface area contributed by atoms with Crippen molar-refractivity contribution < 1.29 is 0 Å². The Kier molecular flexibility index (Phi) is 6.70. The number of pyridine rings is 1. The maximum absolute atomic E-state index is 8.03. The van der Waals surface area contributed by atoms with Crippen LogP contribution in [0.25, 0.3) is 120 Å². The summed E-state index contributed by atoms with van der Waals surface area (Å²) in [5.74, 6) is 0. The van der Waals surface area contributed by atoms with Crippen LogP contribution in [0.15, 0.2) is 188 Å². The molecule has 0 amide bonds. The van der Waals surface area contributed by atoms with Gasteiger partial charge in [0.15, 0.2) is 5.69 Å². The highest BCUT2D eigenvalue weighted by Gasteiger charge is 2.24. The molecular weight excluding hydrogens is 691 g/mol. The molecule has 0 N–H and O–H groups in total. The van der Waals surface area contributed by atoms with E-state index < -0.39 is 0 Å². The lowest BCUT2D eigenvalue weighted by molar-refractivity contribution is 1.18. The molecule has 2 aromatic heterocycles. The Balaban J connectivity index is 1.15. The molecule has 0 unspecified atom stereocenters. The van der Waals surface area contributed by atoms with Gasteiger partial charge in [-0.2, -0.15) is 0 Å². The summed E-state index contributed by atoms with van der Waals surface area (Å²) in [6.07, 6.45) is 0. The predicted octanol–water partition coefficient (Wildman–Crippen LogP) is 14.9. The second-order valence-corrected chi connectivity index (χ2v) is 14.9. The van der Waals surface area contributed by atoms with E-state index in [1.807, 2.05) is 6.07 Å². The number of rotatable bonds is 4. The summed E-state index contributed by atoms with van der Waals surface area (Å²) in [6.45, 7) is 8.03. The molecule has 0 saturated carbocycles. The van der Waals surface area contributed by atoms with Crippen LogP contribution < -0.4 is 0 Å². The second-order valence-electron chi connectivity index (χ2n) is 14.9. The highest BCUT2D eigenvalue weighted by atomic mass is 15.0. The average molecular weight is 722 g/mol. The number of aromatic nitrogens is 2. The smallest absolute Gasteiger partial charge is 0.195 e. The van der Waals surface area contributed by atoms with Crippen molar-refractivity contribution >= 4 is 81.5 Å². The molecule has 0 aliphatic heterocycles. The van der Waals surface area contributed by atoms with Crippen LogP contribution in [0, 0.1) is 6.57 Å². The molecule has 12 aromatic rings. The van der Waals surface area contributed by atoms with Crippen LogP contribution in [-0.2, 0) is 0 Å². The first kappa shape index (κ1) is 31.5. The van der Waals surface area contributed by atoms with Gasteiger partial charge in [0, 0.05) is 27.4 Å². The minimum absolute atomic E-state index is 0.678. The van der Waals surface area contributed by atoms with Crippen molar-refractivity contribution in [2.24, 2.45) is 0 Å². The summed E-state index contributed by atoms with van der Waals surface area (Å²) in [6, 6.07) is 67.4. The molecular formula is C54H31N3. The first-order chi connectivity index (χ1) is 28.3. The van der Waals surface area contributed by atoms with Gasteiger partial charge < -0.3 is 4.57 Å². The molecule has 10 aromatic carbocycles. The lowest BCUT2D eigenvalue weighted by Gasteiger charge is -2.20. The van der Waals surface area contributed by atoms with Gasteiger partial charge in [0.25, 0.3) is 0 Å². The molecule has 262 valence electrons. The zero-order valence-electron chi connectivity index (χ0n) is 30.7. The number of hydrogen-bond donors (Lipinski definition) is 0. The van der Waals surface area contributed by atoms with Crippen LogP contribution in [-0.4, -0.2) is 9.55 Å². The molecule has 57 heavy (non-hydrogen) atoms. The summed E-state index contributed by atoms with van der Waals surface area (Å²) in [4.78, 5) is 9.06. The molecule has 0 aliphatic rings. The fraction of sp³-hybridized carbons (Fsp3) is 0. The van der Waals surface area contributed by atoms with Gasteiger partial charge in [-0.15, -0.1) is 0 Å². The fourth-order valence-electron chi connectivity index (χ4n) is 9.58. The van der Waals surface area contributed by atoms with E-state index in [2.05, 4.69) is 191 Å². The molecule has 0 aliphatic carbocycles. The van der Waals surface area contributed by atoms with Crippen molar-refractivity contribution in [2.45, 2.75) is 0 Å². The Morgan fingerprint density at radius 3 is 1.58 bits per heavy atom. The SMILES string of the molecule is [C-]#[N+]c1ccc2c3c1ccc1c(-c4c5ccccc5c(-c5ccc(-c6ccc7ccccc7n6)c6ccccc56)c5ccccc45)ccc(c13)n2-c1ccccc1. The van der Waals surface area contributed by atoms with Gasteiger partial charge in [-0.05, 0) is 102 Å². The summed E-state index contributed by atoms with van der Waals surface area (Å²) < 4.78 is 2.35. The Morgan fingerprint density at radius 1 is 0.386 bits per heavy atom. The lowest BCUT2D eigenvalue weighted by Crippen LogP contribution is -1.94. The van der Waals surface area contributed by atoms with Gasteiger partial charge in [0.05, 0.1) is 28.8 Å². The van der Waals surface area contributed by atoms with Crippen molar-refractivity contribution in [1.29, 1.82) is 0 Å². The van der Waals surface area contributed by atoms with Crippen LogP contribution in [0.1, 0.15) is 0 Å². The van der Waals surface area contributed by atoms with Crippen molar-refractivity contribution in [3.8, 4) is 39.2 Å². The Morgan fingerprint density at radius 2 is 0.895 bits per heavy atom. The Labute approximate surface area is 328 Å². The number of fused-ring (bicyclic) bond motifs is 4. The first-order valence-corrected chi connectivity index (χ1v) is 19.3. The van der Waals surface area contributed by atoms with Gasteiger partial charge in [-0.25, -0.2) is 9.83 Å². The lowest BCUT2D eigenvalue weighted by atomic mass is 9.83. The van der Waals surface area contributed by atoms with Gasteiger partial charge in [-0.3, -0.25) is 0 Å². The molecule has 3 nitrogen and oxygen atoms in total. The number of benzene rings is 10. The van der Waals surface area contributed by atoms with E-state index >= 15 is 0 Å². The Hall–Kier alpha value is -7.80. The number of nitrogens with zero attached hydrogens (tertiary/aromatic N) is 3. The minimum Gasteiger partial charge on any atom is -0.309 e. The van der Waals surface area contributed by atoms with E-state index in [-0.39, 0.29) is 0 Å². The van der Waals surface area contributed by atoms with Gasteiger partial charge in [0.2, 0.25) is 0 Å². The van der Waals surface area contributed by atoms with Gasteiger partial charge in [-0.1, -0.05) is 152 Å². The van der Waals surface area contributed by atoms with Crippen LogP contribution in [0.4, 0.5) is 5.69 Å². The van der Waals surface area contributed by atoms with E-state index in [4.69, 9.17) is 11.6 Å². The topological polar surface area (TPSA) is 22.2 Å². The molecule has 0 saturated heterocycles. The Bertz CT molecular complexity index is 3590. The van der Waals surface area contributed by atoms with Gasteiger partial charge >= 0.3 is 0 Å². The monoisotopic (exact) mass is 721 g/mol. The van der Waals surface area contributed by atoms with E-state index in [0.29, 0.717) is 5.69 Å². The van der Waals surface area contributed by atoms with Crippen LogP contribution in [0.2, 0.25) is 0 Å². The third-order valence-electron chi connectivity index (χ3n) is 12.0. The average Bonchev–Trinajstić information content (AvgIpc) is 3.62. The van der Waals surface area contributed by atoms with E-state index in [0.717, 1.165) is 49.7 Å². The molecule has 0 fully saturated rings. The van der Waals surface area contributed by atoms with Crippen LogP contribution in [0.3, 0.4) is 0 Å². The molecule has 12 rings (SSSR count). The zero-order valence-corrected chi connectivity index (χ0v) is 30.7. The normalized spacial score (nSPS) is 11.8.